The van der Waals surface area contributed by atoms with Gasteiger partial charge >= 0.3 is 5.97 Å². The van der Waals surface area contributed by atoms with E-state index in [9.17, 15) is 14.4 Å². The Labute approximate surface area is 172 Å². The Morgan fingerprint density at radius 2 is 1.90 bits per heavy atom. The van der Waals surface area contributed by atoms with Crippen LogP contribution in [-0.4, -0.2) is 40.0 Å². The molecule has 0 aliphatic rings. The van der Waals surface area contributed by atoms with E-state index in [1.54, 1.807) is 25.8 Å². The maximum atomic E-state index is 12.9. The average Bonchev–Trinajstić information content (AvgIpc) is 3.03. The molecule has 0 saturated heterocycles. The Morgan fingerprint density at radius 1 is 1.21 bits per heavy atom. The highest BCUT2D eigenvalue weighted by atomic mass is 32.1. The zero-order valence-electron chi connectivity index (χ0n) is 16.9. The highest BCUT2D eigenvalue weighted by Gasteiger charge is 2.21. The minimum atomic E-state index is -0.465. The number of fused-ring (bicyclic) bond motifs is 1. The zero-order chi connectivity index (χ0) is 21.1. The summed E-state index contributed by atoms with van der Waals surface area (Å²) in [6, 6.07) is 7.95. The molecule has 3 rings (SSSR count). The molecular weight excluding hydrogens is 390 g/mol. The lowest BCUT2D eigenvalue weighted by atomic mass is 10.1. The van der Waals surface area contributed by atoms with Crippen LogP contribution in [0, 0.1) is 13.8 Å². The summed E-state index contributed by atoms with van der Waals surface area (Å²) in [5.41, 5.74) is 2.37. The van der Waals surface area contributed by atoms with Crippen molar-refractivity contribution < 1.29 is 14.3 Å². The summed E-state index contributed by atoms with van der Waals surface area (Å²) in [5, 5.41) is 0.356. The summed E-state index contributed by atoms with van der Waals surface area (Å²) in [5.74, 6) is -0.666. The summed E-state index contributed by atoms with van der Waals surface area (Å²) in [7, 11) is 1.70. The van der Waals surface area contributed by atoms with Gasteiger partial charge < -0.3 is 9.64 Å². The van der Waals surface area contributed by atoms with Crippen molar-refractivity contribution in [1.29, 1.82) is 0 Å². The van der Waals surface area contributed by atoms with Gasteiger partial charge in [-0.15, -0.1) is 11.3 Å². The Kier molecular flexibility index (Phi) is 6.12. The minimum absolute atomic E-state index is 0.117. The molecule has 0 fully saturated rings. The number of carbonyl (C=O) groups is 2. The second-order valence-corrected chi connectivity index (χ2v) is 7.87. The van der Waals surface area contributed by atoms with E-state index in [4.69, 9.17) is 4.74 Å². The lowest BCUT2D eigenvalue weighted by Gasteiger charge is -2.18. The molecule has 0 bridgehead atoms. The number of esters is 1. The minimum Gasteiger partial charge on any atom is -0.462 e. The fraction of sp³-hybridized carbons (Fsp3) is 0.333. The predicted octanol–water partition coefficient (Wildman–Crippen LogP) is 2.91. The van der Waals surface area contributed by atoms with E-state index in [1.165, 1.54) is 10.9 Å². The van der Waals surface area contributed by atoms with E-state index in [0.717, 1.165) is 22.5 Å². The molecule has 2 heterocycles. The number of rotatable bonds is 6. The van der Waals surface area contributed by atoms with E-state index >= 15 is 0 Å². The van der Waals surface area contributed by atoms with Gasteiger partial charge in [-0.2, -0.15) is 0 Å². The van der Waals surface area contributed by atoms with Crippen LogP contribution < -0.4 is 5.56 Å². The number of amides is 1. The highest BCUT2D eigenvalue weighted by Crippen LogP contribution is 2.27. The molecule has 0 aliphatic heterocycles. The van der Waals surface area contributed by atoms with Crippen LogP contribution in [-0.2, 0) is 22.6 Å². The number of hydrogen-bond donors (Lipinski definition) is 0. The average molecular weight is 413 g/mol. The first-order chi connectivity index (χ1) is 13.8. The van der Waals surface area contributed by atoms with Crippen molar-refractivity contribution >= 4 is 33.4 Å². The summed E-state index contributed by atoms with van der Waals surface area (Å²) in [4.78, 5) is 44.3. The number of aromatic nitrogens is 2. The van der Waals surface area contributed by atoms with Crippen molar-refractivity contribution in [3.63, 3.8) is 0 Å². The third kappa shape index (κ3) is 4.37. The molecule has 0 unspecified atom stereocenters. The van der Waals surface area contributed by atoms with Gasteiger partial charge in [-0.05, 0) is 31.9 Å². The Balaban J connectivity index is 1.82. The van der Waals surface area contributed by atoms with Gasteiger partial charge in [0.1, 0.15) is 16.3 Å². The predicted molar refractivity (Wildman–Crippen MR) is 112 cm³/mol. The van der Waals surface area contributed by atoms with Gasteiger partial charge in [0.15, 0.2) is 0 Å². The fourth-order valence-corrected chi connectivity index (χ4v) is 4.02. The number of nitrogens with zero attached hydrogens (tertiary/aromatic N) is 3. The molecule has 7 nitrogen and oxygen atoms in total. The molecule has 8 heteroatoms. The molecule has 152 valence electrons. The Hall–Kier alpha value is -3.00. The van der Waals surface area contributed by atoms with Gasteiger partial charge in [0.05, 0.1) is 18.3 Å². The molecule has 0 radical (unpaired) electrons. The van der Waals surface area contributed by atoms with Gasteiger partial charge in [-0.1, -0.05) is 29.8 Å². The van der Waals surface area contributed by atoms with Crippen LogP contribution in [0.2, 0.25) is 0 Å². The van der Waals surface area contributed by atoms with E-state index in [2.05, 4.69) is 4.98 Å². The smallest absolute Gasteiger partial charge is 0.348 e. The molecular formula is C21H23N3O4S. The molecule has 0 atom stereocenters. The van der Waals surface area contributed by atoms with Gasteiger partial charge in [-0.25, -0.2) is 9.78 Å². The van der Waals surface area contributed by atoms with Crippen molar-refractivity contribution in [3.05, 3.63) is 62.5 Å². The maximum Gasteiger partial charge on any atom is 0.348 e. The quantitative estimate of drug-likeness (QED) is 0.581. The molecule has 2 aromatic heterocycles. The van der Waals surface area contributed by atoms with Gasteiger partial charge in [-0.3, -0.25) is 14.2 Å². The number of hydrogen-bond acceptors (Lipinski definition) is 6. The third-order valence-electron chi connectivity index (χ3n) is 4.65. The molecule has 1 aromatic carbocycles. The molecule has 29 heavy (non-hydrogen) atoms. The molecule has 0 saturated carbocycles. The van der Waals surface area contributed by atoms with Crippen LogP contribution in [0.5, 0.6) is 0 Å². The van der Waals surface area contributed by atoms with E-state index in [1.807, 2.05) is 31.2 Å². The Bertz CT molecular complexity index is 1120. The molecule has 3 aromatic rings. The molecule has 0 aliphatic carbocycles. The first kappa shape index (κ1) is 20.7. The van der Waals surface area contributed by atoms with Crippen LogP contribution in [0.4, 0.5) is 0 Å². The topological polar surface area (TPSA) is 81.5 Å². The van der Waals surface area contributed by atoms with Crippen molar-refractivity contribution in [2.24, 2.45) is 0 Å². The van der Waals surface area contributed by atoms with E-state index < -0.39 is 5.97 Å². The second-order valence-electron chi connectivity index (χ2n) is 6.87. The van der Waals surface area contributed by atoms with Gasteiger partial charge in [0.25, 0.3) is 5.56 Å². The first-order valence-corrected chi connectivity index (χ1v) is 10.1. The zero-order valence-corrected chi connectivity index (χ0v) is 17.7. The molecule has 0 N–H and O–H groups in total. The molecule has 0 spiro atoms. The van der Waals surface area contributed by atoms with Gasteiger partial charge in [0.2, 0.25) is 5.91 Å². The largest absolute Gasteiger partial charge is 0.462 e. The summed E-state index contributed by atoms with van der Waals surface area (Å²) < 4.78 is 6.33. The number of thiophene rings is 1. The number of ether oxygens (including phenoxy) is 1. The number of benzene rings is 1. The van der Waals surface area contributed by atoms with Crippen LogP contribution >= 0.6 is 11.3 Å². The number of likely N-dealkylation sites (N-methyl/N-ethyl adjacent to an activating group) is 1. The van der Waals surface area contributed by atoms with Crippen molar-refractivity contribution in [1.82, 2.24) is 14.5 Å². The highest BCUT2D eigenvalue weighted by molar-refractivity contribution is 7.20. The third-order valence-corrected chi connectivity index (χ3v) is 5.83. The SMILES string of the molecule is CCOC(=O)c1sc2ncn(CC(=O)N(C)Cc3ccc(C)cc3)c(=O)c2c1C. The van der Waals surface area contributed by atoms with Crippen molar-refractivity contribution in [2.75, 3.05) is 13.7 Å². The monoisotopic (exact) mass is 413 g/mol. The number of aryl methyl sites for hydroxylation is 2. The molecule has 1 amide bonds. The van der Waals surface area contributed by atoms with Crippen LogP contribution in [0.3, 0.4) is 0 Å². The standard InChI is InChI=1S/C21H23N3O4S/c1-5-28-21(27)18-14(3)17-19(29-18)22-12-24(20(17)26)11-16(25)23(4)10-15-8-6-13(2)7-9-15/h6-9,12H,5,10-11H2,1-4H3. The fourth-order valence-electron chi connectivity index (χ4n) is 2.99. The summed E-state index contributed by atoms with van der Waals surface area (Å²) in [6.45, 7) is 6.02. The van der Waals surface area contributed by atoms with Crippen molar-refractivity contribution in [2.45, 2.75) is 33.9 Å². The van der Waals surface area contributed by atoms with E-state index in [0.29, 0.717) is 27.2 Å². The summed E-state index contributed by atoms with van der Waals surface area (Å²) >= 11 is 1.13. The van der Waals surface area contributed by atoms with Gasteiger partial charge in [0, 0.05) is 13.6 Å². The van der Waals surface area contributed by atoms with Crippen molar-refractivity contribution in [3.8, 4) is 0 Å². The second kappa shape index (κ2) is 8.57. The number of carbonyl (C=O) groups excluding carboxylic acids is 2. The maximum absolute atomic E-state index is 12.9. The van der Waals surface area contributed by atoms with Crippen LogP contribution in [0.25, 0.3) is 10.2 Å². The lowest BCUT2D eigenvalue weighted by molar-refractivity contribution is -0.131. The first-order valence-electron chi connectivity index (χ1n) is 9.27. The summed E-state index contributed by atoms with van der Waals surface area (Å²) in [6.07, 6.45) is 1.35. The Morgan fingerprint density at radius 3 is 2.55 bits per heavy atom. The lowest BCUT2D eigenvalue weighted by Crippen LogP contribution is -2.33. The van der Waals surface area contributed by atoms with Crippen LogP contribution in [0.1, 0.15) is 33.3 Å². The normalized spacial score (nSPS) is 10.9. The van der Waals surface area contributed by atoms with E-state index in [-0.39, 0.29) is 24.6 Å². The van der Waals surface area contributed by atoms with Crippen LogP contribution in [0.15, 0.2) is 35.4 Å².